The average Bonchev–Trinajstić information content (AvgIpc) is 2.44. The summed E-state index contributed by atoms with van der Waals surface area (Å²) in [7, 11) is 1.73. The van der Waals surface area contributed by atoms with Gasteiger partial charge in [-0.05, 0) is 42.5 Å². The summed E-state index contributed by atoms with van der Waals surface area (Å²) in [5.41, 5.74) is 7.71. The molecule has 0 spiro atoms. The summed E-state index contributed by atoms with van der Waals surface area (Å²) in [6.45, 7) is 0. The van der Waals surface area contributed by atoms with Gasteiger partial charge in [0.25, 0.3) is 5.91 Å². The van der Waals surface area contributed by atoms with Crippen molar-refractivity contribution in [3.05, 3.63) is 62.5 Å². The van der Waals surface area contributed by atoms with Gasteiger partial charge in [0, 0.05) is 32.8 Å². The molecule has 108 valence electrons. The number of rotatable bonds is 3. The summed E-state index contributed by atoms with van der Waals surface area (Å²) >= 11 is 11.7. The van der Waals surface area contributed by atoms with Gasteiger partial charge >= 0.3 is 0 Å². The first-order valence-corrected chi connectivity index (χ1v) is 8.02. The number of amides is 1. The Morgan fingerprint density at radius 3 is 2.05 bits per heavy atom. The average molecular weight is 428 g/mol. The van der Waals surface area contributed by atoms with Gasteiger partial charge in [0.2, 0.25) is 0 Å². The van der Waals surface area contributed by atoms with E-state index in [2.05, 4.69) is 31.9 Å². The molecule has 0 fully saturated rings. The second-order valence-corrected chi connectivity index (χ2v) is 6.70. The predicted octanol–water partition coefficient (Wildman–Crippen LogP) is 4.12. The zero-order valence-electron chi connectivity index (χ0n) is 11.1. The second-order valence-electron chi connectivity index (χ2n) is 4.43. The molecule has 6 heteroatoms. The molecule has 0 aliphatic carbocycles. The summed E-state index contributed by atoms with van der Waals surface area (Å²) in [5, 5.41) is 0. The Hall–Kier alpha value is -1.24. The highest BCUT2D eigenvalue weighted by atomic mass is 79.9. The molecule has 3 nitrogen and oxygen atoms in total. The highest BCUT2D eigenvalue weighted by Crippen LogP contribution is 2.23. The van der Waals surface area contributed by atoms with Crippen molar-refractivity contribution in [1.29, 1.82) is 0 Å². The number of carbonyl (C=O) groups is 1. The van der Waals surface area contributed by atoms with Crippen molar-refractivity contribution in [3.63, 3.8) is 0 Å². The highest BCUT2D eigenvalue weighted by Gasteiger charge is 2.14. The summed E-state index contributed by atoms with van der Waals surface area (Å²) < 4.78 is 1.69. The second kappa shape index (κ2) is 6.68. The van der Waals surface area contributed by atoms with Crippen molar-refractivity contribution >= 4 is 60.7 Å². The number of anilines is 1. The molecule has 0 bridgehead atoms. The summed E-state index contributed by atoms with van der Waals surface area (Å²) in [6, 6.07) is 12.7. The van der Waals surface area contributed by atoms with E-state index in [9.17, 15) is 4.79 Å². The van der Waals surface area contributed by atoms with Gasteiger partial charge in [0.1, 0.15) is 4.99 Å². The molecule has 0 aliphatic rings. The standard InChI is InChI=1S/C15H12Br2N2OS/c1-19(13-4-2-9(3-5-13)14(18)21)15(20)10-6-11(16)8-12(17)7-10/h2-8H,1H3,(H2,18,21). The number of carbonyl (C=O) groups excluding carboxylic acids is 1. The largest absolute Gasteiger partial charge is 0.389 e. The molecule has 2 aromatic rings. The first-order chi connectivity index (χ1) is 9.88. The van der Waals surface area contributed by atoms with E-state index in [0.717, 1.165) is 20.2 Å². The molecule has 0 radical (unpaired) electrons. The number of nitrogens with zero attached hydrogens (tertiary/aromatic N) is 1. The normalized spacial score (nSPS) is 10.2. The van der Waals surface area contributed by atoms with E-state index in [4.69, 9.17) is 18.0 Å². The maximum atomic E-state index is 12.5. The van der Waals surface area contributed by atoms with E-state index in [1.54, 1.807) is 36.2 Å². The molecule has 2 rings (SSSR count). The minimum Gasteiger partial charge on any atom is -0.389 e. The van der Waals surface area contributed by atoms with Crippen LogP contribution < -0.4 is 10.6 Å². The Balaban J connectivity index is 2.28. The molecular weight excluding hydrogens is 416 g/mol. The fourth-order valence-electron chi connectivity index (χ4n) is 1.84. The SMILES string of the molecule is CN(C(=O)c1cc(Br)cc(Br)c1)c1ccc(C(N)=S)cc1. The van der Waals surface area contributed by atoms with E-state index in [1.807, 2.05) is 18.2 Å². The van der Waals surface area contributed by atoms with Gasteiger partial charge in [-0.25, -0.2) is 0 Å². The van der Waals surface area contributed by atoms with Crippen molar-refractivity contribution in [2.24, 2.45) is 5.73 Å². The lowest BCUT2D eigenvalue weighted by Crippen LogP contribution is -2.26. The Labute approximate surface area is 145 Å². The monoisotopic (exact) mass is 426 g/mol. The molecular formula is C15H12Br2N2OS. The third kappa shape index (κ3) is 3.90. The summed E-state index contributed by atoms with van der Waals surface area (Å²) in [6.07, 6.45) is 0. The van der Waals surface area contributed by atoms with Gasteiger partial charge in [-0.15, -0.1) is 0 Å². The third-order valence-electron chi connectivity index (χ3n) is 2.95. The number of nitrogens with two attached hydrogens (primary N) is 1. The molecule has 21 heavy (non-hydrogen) atoms. The number of hydrogen-bond acceptors (Lipinski definition) is 2. The minimum absolute atomic E-state index is 0.0972. The van der Waals surface area contributed by atoms with Gasteiger partial charge < -0.3 is 10.6 Å². The lowest BCUT2D eigenvalue weighted by Gasteiger charge is -2.18. The Bertz CT molecular complexity index is 681. The Kier molecular flexibility index (Phi) is 5.13. The zero-order valence-corrected chi connectivity index (χ0v) is 15.1. The van der Waals surface area contributed by atoms with Gasteiger partial charge in [-0.2, -0.15) is 0 Å². The molecule has 2 aromatic carbocycles. The first-order valence-electron chi connectivity index (χ1n) is 6.02. The molecule has 0 unspecified atom stereocenters. The van der Waals surface area contributed by atoms with Gasteiger partial charge in [0.15, 0.2) is 0 Å². The van der Waals surface area contributed by atoms with Crippen LogP contribution in [0.2, 0.25) is 0 Å². The molecule has 2 N–H and O–H groups in total. The Morgan fingerprint density at radius 1 is 1.05 bits per heavy atom. The van der Waals surface area contributed by atoms with E-state index in [0.29, 0.717) is 10.6 Å². The zero-order chi connectivity index (χ0) is 15.6. The third-order valence-corrected chi connectivity index (χ3v) is 4.10. The lowest BCUT2D eigenvalue weighted by molar-refractivity contribution is 0.0993. The fourth-order valence-corrected chi connectivity index (χ4v) is 3.27. The molecule has 0 aromatic heterocycles. The maximum Gasteiger partial charge on any atom is 0.258 e. The van der Waals surface area contributed by atoms with Crippen LogP contribution in [0.5, 0.6) is 0 Å². The number of thiocarbonyl (C=S) groups is 1. The summed E-state index contributed by atoms with van der Waals surface area (Å²) in [5.74, 6) is -0.0972. The van der Waals surface area contributed by atoms with E-state index < -0.39 is 0 Å². The number of benzene rings is 2. The van der Waals surface area contributed by atoms with E-state index in [1.165, 1.54) is 0 Å². The lowest BCUT2D eigenvalue weighted by atomic mass is 10.1. The highest BCUT2D eigenvalue weighted by molar-refractivity contribution is 9.11. The molecule has 0 saturated heterocycles. The van der Waals surface area contributed by atoms with Crippen LogP contribution in [0, 0.1) is 0 Å². The van der Waals surface area contributed by atoms with Crippen molar-refractivity contribution in [3.8, 4) is 0 Å². The molecule has 0 aliphatic heterocycles. The van der Waals surface area contributed by atoms with Crippen LogP contribution >= 0.6 is 44.1 Å². The smallest absolute Gasteiger partial charge is 0.258 e. The molecule has 0 saturated carbocycles. The van der Waals surface area contributed by atoms with Crippen LogP contribution in [0.1, 0.15) is 15.9 Å². The quantitative estimate of drug-likeness (QED) is 0.749. The van der Waals surface area contributed by atoms with Crippen molar-refractivity contribution in [1.82, 2.24) is 0 Å². The molecule has 1 amide bonds. The van der Waals surface area contributed by atoms with Crippen LogP contribution in [0.3, 0.4) is 0 Å². The topological polar surface area (TPSA) is 46.3 Å². The predicted molar refractivity (Wildman–Crippen MR) is 96.9 cm³/mol. The first kappa shape index (κ1) is 16.1. The van der Waals surface area contributed by atoms with Crippen molar-refractivity contribution in [2.75, 3.05) is 11.9 Å². The number of hydrogen-bond donors (Lipinski definition) is 1. The number of halogens is 2. The maximum absolute atomic E-state index is 12.5. The molecule has 0 heterocycles. The van der Waals surface area contributed by atoms with Gasteiger partial charge in [-0.3, -0.25) is 4.79 Å². The van der Waals surface area contributed by atoms with Crippen LogP contribution in [0.4, 0.5) is 5.69 Å². The van der Waals surface area contributed by atoms with Crippen LogP contribution in [-0.2, 0) is 0 Å². The van der Waals surface area contributed by atoms with Crippen molar-refractivity contribution < 1.29 is 4.79 Å². The van der Waals surface area contributed by atoms with Crippen LogP contribution in [-0.4, -0.2) is 17.9 Å². The minimum atomic E-state index is -0.0972. The van der Waals surface area contributed by atoms with E-state index in [-0.39, 0.29) is 5.91 Å². The van der Waals surface area contributed by atoms with Crippen LogP contribution in [0.15, 0.2) is 51.4 Å². The van der Waals surface area contributed by atoms with Gasteiger partial charge in [-0.1, -0.05) is 44.1 Å². The van der Waals surface area contributed by atoms with Crippen LogP contribution in [0.25, 0.3) is 0 Å². The molecule has 0 atom stereocenters. The van der Waals surface area contributed by atoms with E-state index >= 15 is 0 Å². The van der Waals surface area contributed by atoms with Gasteiger partial charge in [0.05, 0.1) is 0 Å². The summed E-state index contributed by atoms with van der Waals surface area (Å²) in [4.78, 5) is 14.4. The Morgan fingerprint density at radius 2 is 1.57 bits per heavy atom. The van der Waals surface area contributed by atoms with Crippen molar-refractivity contribution in [2.45, 2.75) is 0 Å². The fraction of sp³-hybridized carbons (Fsp3) is 0.0667.